The summed E-state index contributed by atoms with van der Waals surface area (Å²) in [6, 6.07) is 8.53. The number of anilines is 2. The summed E-state index contributed by atoms with van der Waals surface area (Å²) in [5.74, 6) is 1.77. The van der Waals surface area contributed by atoms with Gasteiger partial charge in [-0.15, -0.1) is 0 Å². The summed E-state index contributed by atoms with van der Waals surface area (Å²) in [4.78, 5) is 16.9. The molecule has 1 aromatic carbocycles. The molecule has 184 valence electrons. The highest BCUT2D eigenvalue weighted by atomic mass is 16.5. The second-order valence-corrected chi connectivity index (χ2v) is 9.00. The number of rotatable bonds is 8. The Bertz CT molecular complexity index is 1140. The summed E-state index contributed by atoms with van der Waals surface area (Å²) in [7, 11) is 3.77. The van der Waals surface area contributed by atoms with Crippen molar-refractivity contribution in [3.63, 3.8) is 0 Å². The number of benzene rings is 1. The van der Waals surface area contributed by atoms with E-state index in [1.165, 1.54) is 5.56 Å². The lowest BCUT2D eigenvalue weighted by Crippen LogP contribution is -2.37. The highest BCUT2D eigenvalue weighted by molar-refractivity contribution is 5.77. The van der Waals surface area contributed by atoms with Gasteiger partial charge in [0, 0.05) is 69.9 Å². The van der Waals surface area contributed by atoms with Crippen LogP contribution in [0.3, 0.4) is 0 Å². The molecule has 0 spiro atoms. The lowest BCUT2D eigenvalue weighted by atomic mass is 10.0. The fourth-order valence-electron chi connectivity index (χ4n) is 4.70. The third-order valence-corrected chi connectivity index (χ3v) is 6.76. The van der Waals surface area contributed by atoms with E-state index < -0.39 is 0 Å². The molecular formula is C27H34N6O2. The number of morpholine rings is 1. The molecule has 1 N–H and O–H groups in total. The van der Waals surface area contributed by atoms with Gasteiger partial charge in [0.2, 0.25) is 5.95 Å². The first-order valence-corrected chi connectivity index (χ1v) is 12.3. The van der Waals surface area contributed by atoms with Gasteiger partial charge in [-0.2, -0.15) is 4.98 Å². The zero-order valence-corrected chi connectivity index (χ0v) is 20.7. The lowest BCUT2D eigenvalue weighted by Gasteiger charge is -2.29. The second-order valence-electron chi connectivity index (χ2n) is 9.00. The minimum absolute atomic E-state index is 0.659. The van der Waals surface area contributed by atoms with Crippen molar-refractivity contribution in [1.29, 1.82) is 0 Å². The third-order valence-electron chi connectivity index (χ3n) is 6.76. The van der Waals surface area contributed by atoms with Crippen LogP contribution in [0.1, 0.15) is 11.1 Å². The normalized spacial score (nSPS) is 17.1. The van der Waals surface area contributed by atoms with Crippen molar-refractivity contribution in [3.8, 4) is 11.3 Å². The summed E-state index contributed by atoms with van der Waals surface area (Å²) >= 11 is 0. The summed E-state index contributed by atoms with van der Waals surface area (Å²) in [6.45, 7) is 10.5. The van der Waals surface area contributed by atoms with Gasteiger partial charge < -0.3 is 29.5 Å². The van der Waals surface area contributed by atoms with E-state index in [2.05, 4.69) is 69.2 Å². The van der Waals surface area contributed by atoms with Gasteiger partial charge in [0.25, 0.3) is 0 Å². The van der Waals surface area contributed by atoms with E-state index in [1.807, 2.05) is 7.05 Å². The van der Waals surface area contributed by atoms with Crippen LogP contribution in [0.4, 0.5) is 11.8 Å². The number of fused-ring (bicyclic) bond motifs is 1. The maximum absolute atomic E-state index is 5.58. The SMILES string of the molecule is C=C(c1cccc(-c2nc(N3CCOCC3)nc3c2CCN3C2=CNCC=C2)c1)N(C)CCOC. The van der Waals surface area contributed by atoms with Gasteiger partial charge in [0.15, 0.2) is 0 Å². The summed E-state index contributed by atoms with van der Waals surface area (Å²) in [6.07, 6.45) is 7.29. The number of hydrogen-bond donors (Lipinski definition) is 1. The van der Waals surface area contributed by atoms with E-state index in [4.69, 9.17) is 19.4 Å². The molecule has 0 aliphatic carbocycles. The molecule has 3 aliphatic rings. The molecule has 0 radical (unpaired) electrons. The zero-order valence-electron chi connectivity index (χ0n) is 20.7. The van der Waals surface area contributed by atoms with Crippen LogP contribution in [0.25, 0.3) is 17.0 Å². The number of likely N-dealkylation sites (N-methyl/N-ethyl adjacent to an activating group) is 1. The van der Waals surface area contributed by atoms with Crippen molar-refractivity contribution in [2.75, 3.05) is 76.5 Å². The lowest BCUT2D eigenvalue weighted by molar-refractivity contribution is 0.122. The van der Waals surface area contributed by atoms with E-state index in [0.717, 1.165) is 79.1 Å². The maximum atomic E-state index is 5.58. The van der Waals surface area contributed by atoms with Crippen molar-refractivity contribution < 1.29 is 9.47 Å². The molecular weight excluding hydrogens is 440 g/mol. The summed E-state index contributed by atoms with van der Waals surface area (Å²) in [5, 5.41) is 3.33. The molecule has 1 fully saturated rings. The number of hydrogen-bond acceptors (Lipinski definition) is 8. The van der Waals surface area contributed by atoms with Crippen LogP contribution in [-0.2, 0) is 15.9 Å². The molecule has 0 saturated carbocycles. The second kappa shape index (κ2) is 10.5. The number of nitrogens with one attached hydrogen (secondary N) is 1. The van der Waals surface area contributed by atoms with Gasteiger partial charge in [-0.05, 0) is 24.1 Å². The first-order valence-electron chi connectivity index (χ1n) is 12.3. The minimum Gasteiger partial charge on any atom is -0.386 e. The van der Waals surface area contributed by atoms with E-state index in [-0.39, 0.29) is 0 Å². The van der Waals surface area contributed by atoms with Crippen LogP contribution in [0.5, 0.6) is 0 Å². The predicted octanol–water partition coefficient (Wildman–Crippen LogP) is 2.89. The Balaban J connectivity index is 1.55. The zero-order chi connectivity index (χ0) is 24.2. The Labute approximate surface area is 207 Å². The van der Waals surface area contributed by atoms with Gasteiger partial charge in [0.1, 0.15) is 5.82 Å². The fraction of sp³-hybridized carbons (Fsp3) is 0.407. The molecule has 0 amide bonds. The molecule has 1 aromatic heterocycles. The van der Waals surface area contributed by atoms with Gasteiger partial charge in [0.05, 0.1) is 31.2 Å². The van der Waals surface area contributed by atoms with E-state index in [9.17, 15) is 0 Å². The Kier molecular flexibility index (Phi) is 7.01. The number of dihydropyridines is 1. The molecule has 8 heteroatoms. The predicted molar refractivity (Wildman–Crippen MR) is 140 cm³/mol. The van der Waals surface area contributed by atoms with E-state index in [0.29, 0.717) is 19.8 Å². The minimum atomic E-state index is 0.659. The summed E-state index contributed by atoms with van der Waals surface area (Å²) < 4.78 is 10.8. The highest BCUT2D eigenvalue weighted by Crippen LogP contribution is 2.38. The van der Waals surface area contributed by atoms with Crippen LogP contribution < -0.4 is 15.1 Å². The first-order chi connectivity index (χ1) is 17.2. The van der Waals surface area contributed by atoms with Gasteiger partial charge in [-0.25, -0.2) is 4.98 Å². The smallest absolute Gasteiger partial charge is 0.228 e. The Morgan fingerprint density at radius 2 is 2.09 bits per heavy atom. The van der Waals surface area contributed by atoms with E-state index in [1.54, 1.807) is 7.11 Å². The molecule has 5 rings (SSSR count). The summed E-state index contributed by atoms with van der Waals surface area (Å²) in [5.41, 5.74) is 6.46. The third kappa shape index (κ3) is 4.90. The molecule has 1 saturated heterocycles. The monoisotopic (exact) mass is 474 g/mol. The first kappa shape index (κ1) is 23.4. The standard InChI is InChI=1S/C27H34N6O2/c1-20(31(2)12-15-34-3)21-6-4-7-22(18-21)25-24-9-11-33(23-8-5-10-28-19-23)26(24)30-27(29-25)32-13-16-35-17-14-32/h4-8,18-19,28H,1,9-17H2,2-3H3. The Morgan fingerprint density at radius 1 is 1.23 bits per heavy atom. The van der Waals surface area contributed by atoms with Crippen molar-refractivity contribution in [1.82, 2.24) is 20.2 Å². The van der Waals surface area contributed by atoms with Crippen molar-refractivity contribution in [2.45, 2.75) is 6.42 Å². The van der Waals surface area contributed by atoms with Crippen LogP contribution in [0.15, 0.2) is 54.9 Å². The Hall–Kier alpha value is -3.36. The van der Waals surface area contributed by atoms with Crippen LogP contribution in [0.2, 0.25) is 0 Å². The number of aromatic nitrogens is 2. The molecule has 0 bridgehead atoms. The quantitative estimate of drug-likeness (QED) is 0.627. The molecule has 35 heavy (non-hydrogen) atoms. The van der Waals surface area contributed by atoms with Gasteiger partial charge in [-0.3, -0.25) is 0 Å². The van der Waals surface area contributed by atoms with Crippen LogP contribution >= 0.6 is 0 Å². The topological polar surface area (TPSA) is 66.0 Å². The number of allylic oxidation sites excluding steroid dienone is 1. The maximum Gasteiger partial charge on any atom is 0.228 e. The van der Waals surface area contributed by atoms with E-state index >= 15 is 0 Å². The largest absolute Gasteiger partial charge is 0.386 e. The van der Waals surface area contributed by atoms with Crippen molar-refractivity contribution >= 4 is 17.5 Å². The molecule has 4 heterocycles. The highest BCUT2D eigenvalue weighted by Gasteiger charge is 2.30. The molecule has 0 unspecified atom stereocenters. The average molecular weight is 475 g/mol. The fourth-order valence-corrected chi connectivity index (χ4v) is 4.70. The van der Waals surface area contributed by atoms with Crippen molar-refractivity contribution in [2.24, 2.45) is 0 Å². The molecule has 3 aliphatic heterocycles. The van der Waals surface area contributed by atoms with Gasteiger partial charge >= 0.3 is 0 Å². The number of ether oxygens (including phenoxy) is 2. The van der Waals surface area contributed by atoms with Crippen LogP contribution in [-0.4, -0.2) is 81.6 Å². The molecule has 0 atom stereocenters. The number of nitrogens with zero attached hydrogens (tertiary/aromatic N) is 5. The van der Waals surface area contributed by atoms with Crippen molar-refractivity contribution in [3.05, 3.63) is 66.0 Å². The average Bonchev–Trinajstić information content (AvgIpc) is 3.36. The van der Waals surface area contributed by atoms with Crippen LogP contribution in [0, 0.1) is 0 Å². The Morgan fingerprint density at radius 3 is 2.86 bits per heavy atom. The molecule has 2 aromatic rings. The van der Waals surface area contributed by atoms with Gasteiger partial charge in [-0.1, -0.05) is 30.9 Å². The molecule has 8 nitrogen and oxygen atoms in total. The number of methoxy groups -OCH3 is 1.